The summed E-state index contributed by atoms with van der Waals surface area (Å²) >= 11 is 0. The van der Waals surface area contributed by atoms with Crippen molar-refractivity contribution in [2.24, 2.45) is 0 Å². The molecule has 0 aliphatic carbocycles. The van der Waals surface area contributed by atoms with Crippen LogP contribution in [0.5, 0.6) is 5.75 Å². The maximum atomic E-state index is 13.1. The SMILES string of the molecule is CCOc1ccc(NCC(=O)N2CCc3ccccc32)cc1S(=O)(=O)N1CCCC1. The fraction of sp³-hybridized carbons (Fsp3) is 0.409. The molecule has 4 rings (SSSR count). The molecule has 1 N–H and O–H groups in total. The molecular weight excluding hydrogens is 402 g/mol. The minimum absolute atomic E-state index is 0.0437. The van der Waals surface area contributed by atoms with Crippen LogP contribution in [0.4, 0.5) is 11.4 Å². The molecule has 2 aromatic rings. The molecule has 2 aliphatic heterocycles. The number of hydrogen-bond acceptors (Lipinski definition) is 5. The van der Waals surface area contributed by atoms with Gasteiger partial charge in [-0.25, -0.2) is 8.42 Å². The van der Waals surface area contributed by atoms with E-state index in [0.717, 1.165) is 24.9 Å². The van der Waals surface area contributed by atoms with E-state index in [0.29, 0.717) is 37.7 Å². The zero-order chi connectivity index (χ0) is 21.1. The van der Waals surface area contributed by atoms with Gasteiger partial charge in [0.25, 0.3) is 0 Å². The van der Waals surface area contributed by atoms with E-state index in [4.69, 9.17) is 4.74 Å². The summed E-state index contributed by atoms with van der Waals surface area (Å²) in [7, 11) is -3.64. The van der Waals surface area contributed by atoms with E-state index in [9.17, 15) is 13.2 Å². The van der Waals surface area contributed by atoms with E-state index < -0.39 is 10.0 Å². The van der Waals surface area contributed by atoms with Crippen molar-refractivity contribution < 1.29 is 17.9 Å². The summed E-state index contributed by atoms with van der Waals surface area (Å²) in [5.74, 6) is 0.299. The highest BCUT2D eigenvalue weighted by molar-refractivity contribution is 7.89. The standard InChI is InChI=1S/C22H27N3O4S/c1-2-29-20-10-9-18(15-21(20)30(27,28)24-12-5-6-13-24)23-16-22(26)25-14-11-17-7-3-4-8-19(17)25/h3-4,7-10,15,23H,2,5-6,11-14,16H2,1H3. The zero-order valence-electron chi connectivity index (χ0n) is 17.1. The van der Waals surface area contributed by atoms with E-state index >= 15 is 0 Å². The predicted molar refractivity (Wildman–Crippen MR) is 117 cm³/mol. The molecule has 0 bridgehead atoms. The summed E-state index contributed by atoms with van der Waals surface area (Å²) in [4.78, 5) is 14.7. The Morgan fingerprint density at radius 3 is 2.63 bits per heavy atom. The molecule has 30 heavy (non-hydrogen) atoms. The molecule has 7 nitrogen and oxygen atoms in total. The lowest BCUT2D eigenvalue weighted by Gasteiger charge is -2.20. The van der Waals surface area contributed by atoms with Gasteiger partial charge in [0, 0.05) is 31.0 Å². The van der Waals surface area contributed by atoms with Gasteiger partial charge in [-0.15, -0.1) is 0 Å². The van der Waals surface area contributed by atoms with Crippen LogP contribution in [-0.4, -0.2) is 51.4 Å². The third-order valence-corrected chi connectivity index (χ3v) is 7.48. The van der Waals surface area contributed by atoms with Crippen molar-refractivity contribution in [3.8, 4) is 5.75 Å². The number of nitrogens with one attached hydrogen (secondary N) is 1. The molecule has 8 heteroatoms. The number of rotatable bonds is 7. The van der Waals surface area contributed by atoms with Gasteiger partial charge in [0.2, 0.25) is 15.9 Å². The van der Waals surface area contributed by atoms with Crippen molar-refractivity contribution >= 4 is 27.3 Å². The topological polar surface area (TPSA) is 79.0 Å². The first-order valence-electron chi connectivity index (χ1n) is 10.4. The van der Waals surface area contributed by atoms with Crippen LogP contribution in [0, 0.1) is 0 Å². The molecular formula is C22H27N3O4S. The van der Waals surface area contributed by atoms with Gasteiger partial charge < -0.3 is 15.0 Å². The van der Waals surface area contributed by atoms with Crippen molar-refractivity contribution in [2.75, 3.05) is 43.0 Å². The van der Waals surface area contributed by atoms with Gasteiger partial charge in [-0.2, -0.15) is 4.31 Å². The monoisotopic (exact) mass is 429 g/mol. The molecule has 160 valence electrons. The van der Waals surface area contributed by atoms with Crippen molar-refractivity contribution in [3.05, 3.63) is 48.0 Å². The Labute approximate surface area is 177 Å². The van der Waals surface area contributed by atoms with Gasteiger partial charge in [0.15, 0.2) is 0 Å². The van der Waals surface area contributed by atoms with Crippen LogP contribution in [0.15, 0.2) is 47.4 Å². The maximum Gasteiger partial charge on any atom is 0.246 e. The zero-order valence-corrected chi connectivity index (χ0v) is 18.0. The first-order chi connectivity index (χ1) is 14.5. The average molecular weight is 430 g/mol. The Bertz CT molecular complexity index is 1030. The van der Waals surface area contributed by atoms with Crippen molar-refractivity contribution in [1.29, 1.82) is 0 Å². The van der Waals surface area contributed by atoms with Crippen molar-refractivity contribution in [1.82, 2.24) is 4.31 Å². The largest absolute Gasteiger partial charge is 0.492 e. The highest BCUT2D eigenvalue weighted by atomic mass is 32.2. The van der Waals surface area contributed by atoms with E-state index in [1.807, 2.05) is 31.2 Å². The van der Waals surface area contributed by atoms with Crippen LogP contribution < -0.4 is 15.0 Å². The van der Waals surface area contributed by atoms with Crippen LogP contribution in [-0.2, 0) is 21.2 Å². The molecule has 2 heterocycles. The van der Waals surface area contributed by atoms with Crippen molar-refractivity contribution in [2.45, 2.75) is 31.1 Å². The molecule has 0 aromatic heterocycles. The van der Waals surface area contributed by atoms with Crippen LogP contribution in [0.1, 0.15) is 25.3 Å². The quantitative estimate of drug-likeness (QED) is 0.732. The number of para-hydroxylation sites is 1. The second-order valence-corrected chi connectivity index (χ2v) is 9.39. The molecule has 2 aliphatic rings. The Hall–Kier alpha value is -2.58. The summed E-state index contributed by atoms with van der Waals surface area (Å²) < 4.78 is 33.3. The van der Waals surface area contributed by atoms with Gasteiger partial charge in [-0.3, -0.25) is 4.79 Å². The van der Waals surface area contributed by atoms with E-state index in [-0.39, 0.29) is 17.3 Å². The summed E-state index contributed by atoms with van der Waals surface area (Å²) in [6.45, 7) is 4.01. The number of ether oxygens (including phenoxy) is 1. The lowest BCUT2D eigenvalue weighted by atomic mass is 10.2. The first-order valence-corrected chi connectivity index (χ1v) is 11.8. The highest BCUT2D eigenvalue weighted by Gasteiger charge is 2.30. The van der Waals surface area contributed by atoms with Gasteiger partial charge >= 0.3 is 0 Å². The van der Waals surface area contributed by atoms with Gasteiger partial charge in [-0.05, 0) is 56.0 Å². The Morgan fingerprint density at radius 2 is 1.87 bits per heavy atom. The average Bonchev–Trinajstić information content (AvgIpc) is 3.43. The highest BCUT2D eigenvalue weighted by Crippen LogP contribution is 2.32. The van der Waals surface area contributed by atoms with Gasteiger partial charge in [-0.1, -0.05) is 18.2 Å². The molecule has 0 spiro atoms. The number of benzene rings is 2. The lowest BCUT2D eigenvalue weighted by molar-refractivity contribution is -0.116. The minimum atomic E-state index is -3.64. The Kier molecular flexibility index (Phi) is 5.97. The van der Waals surface area contributed by atoms with E-state index in [2.05, 4.69) is 5.32 Å². The second-order valence-electron chi connectivity index (χ2n) is 7.48. The number of fused-ring (bicyclic) bond motifs is 1. The fourth-order valence-electron chi connectivity index (χ4n) is 4.03. The number of carbonyl (C=O) groups excluding carboxylic acids is 1. The number of carbonyl (C=O) groups is 1. The Balaban J connectivity index is 1.52. The Morgan fingerprint density at radius 1 is 1.10 bits per heavy atom. The molecule has 2 aromatic carbocycles. The number of nitrogens with zero attached hydrogens (tertiary/aromatic N) is 2. The van der Waals surface area contributed by atoms with E-state index in [1.54, 1.807) is 23.1 Å². The van der Waals surface area contributed by atoms with Crippen LogP contribution in [0.25, 0.3) is 0 Å². The third-order valence-electron chi connectivity index (χ3n) is 5.56. The summed E-state index contributed by atoms with van der Waals surface area (Å²) in [6, 6.07) is 12.9. The number of amides is 1. The van der Waals surface area contributed by atoms with Gasteiger partial charge in [0.1, 0.15) is 10.6 Å². The molecule has 0 radical (unpaired) electrons. The predicted octanol–water partition coefficient (Wildman–Crippen LogP) is 2.87. The third kappa shape index (κ3) is 4.02. The minimum Gasteiger partial charge on any atom is -0.492 e. The first kappa shape index (κ1) is 20.7. The molecule has 1 fully saturated rings. The molecule has 0 unspecified atom stereocenters. The summed E-state index contributed by atoms with van der Waals surface area (Å²) in [5.41, 5.74) is 2.70. The lowest BCUT2D eigenvalue weighted by Crippen LogP contribution is -2.34. The number of sulfonamides is 1. The van der Waals surface area contributed by atoms with Crippen LogP contribution in [0.2, 0.25) is 0 Å². The summed E-state index contributed by atoms with van der Waals surface area (Å²) in [5, 5.41) is 3.09. The van der Waals surface area contributed by atoms with Crippen LogP contribution >= 0.6 is 0 Å². The maximum absolute atomic E-state index is 13.1. The smallest absolute Gasteiger partial charge is 0.246 e. The summed E-state index contributed by atoms with van der Waals surface area (Å²) in [6.07, 6.45) is 2.59. The second kappa shape index (κ2) is 8.65. The number of anilines is 2. The fourth-order valence-corrected chi connectivity index (χ4v) is 5.71. The van der Waals surface area contributed by atoms with Crippen LogP contribution in [0.3, 0.4) is 0 Å². The van der Waals surface area contributed by atoms with Gasteiger partial charge in [0.05, 0.1) is 13.2 Å². The van der Waals surface area contributed by atoms with Crippen molar-refractivity contribution in [3.63, 3.8) is 0 Å². The normalized spacial score (nSPS) is 16.5. The van der Waals surface area contributed by atoms with E-state index in [1.165, 1.54) is 9.87 Å². The molecule has 0 saturated carbocycles. The molecule has 1 amide bonds. The number of hydrogen-bond donors (Lipinski definition) is 1. The molecule has 0 atom stereocenters. The molecule has 1 saturated heterocycles.